The fourth-order valence-corrected chi connectivity index (χ4v) is 2.02. The molecule has 0 amide bonds. The molecule has 0 aliphatic rings. The Labute approximate surface area is 120 Å². The van der Waals surface area contributed by atoms with E-state index >= 15 is 0 Å². The molecule has 102 valence electrons. The number of esters is 1. The molecule has 0 aliphatic heterocycles. The van der Waals surface area contributed by atoms with Gasteiger partial charge >= 0.3 is 5.97 Å². The fourth-order valence-electron chi connectivity index (χ4n) is 1.53. The molecule has 1 aromatic rings. The Balaban J connectivity index is 0.00000289. The van der Waals surface area contributed by atoms with Crippen LogP contribution in [0, 0.1) is 11.2 Å². The largest absolute Gasteiger partial charge is 0.469 e. The Bertz CT molecular complexity index is 440. The van der Waals surface area contributed by atoms with Gasteiger partial charge in [-0.1, -0.05) is 15.9 Å². The highest BCUT2D eigenvalue weighted by Gasteiger charge is 2.37. The van der Waals surface area contributed by atoms with Crippen molar-refractivity contribution in [2.75, 3.05) is 7.11 Å². The van der Waals surface area contributed by atoms with E-state index in [1.54, 1.807) is 19.9 Å². The van der Waals surface area contributed by atoms with Crippen molar-refractivity contribution in [1.82, 2.24) is 0 Å². The molecule has 6 heteroatoms. The molecule has 1 aromatic carbocycles. The molecule has 0 fully saturated rings. The Morgan fingerprint density at radius 3 is 2.56 bits per heavy atom. The molecule has 0 aromatic heterocycles. The predicted molar refractivity (Wildman–Crippen MR) is 74.1 cm³/mol. The summed E-state index contributed by atoms with van der Waals surface area (Å²) in [6, 6.07) is 3.56. The maximum atomic E-state index is 13.2. The van der Waals surface area contributed by atoms with Gasteiger partial charge in [0.25, 0.3) is 0 Å². The van der Waals surface area contributed by atoms with Crippen LogP contribution in [0.5, 0.6) is 0 Å². The molecule has 2 N–H and O–H groups in total. The second-order valence-electron chi connectivity index (χ2n) is 4.36. The van der Waals surface area contributed by atoms with E-state index in [1.165, 1.54) is 19.2 Å². The summed E-state index contributed by atoms with van der Waals surface area (Å²) in [7, 11) is 1.30. The molecule has 3 nitrogen and oxygen atoms in total. The van der Waals surface area contributed by atoms with Gasteiger partial charge in [0.15, 0.2) is 0 Å². The van der Waals surface area contributed by atoms with E-state index in [-0.39, 0.29) is 18.2 Å². The highest BCUT2D eigenvalue weighted by Crippen LogP contribution is 2.36. The second kappa shape index (κ2) is 6.50. The first-order valence-corrected chi connectivity index (χ1v) is 5.89. The molecule has 0 aliphatic carbocycles. The SMILES string of the molecule is COC(=O)C(C)(C)[C@H](N)c1cc(F)ccc1Br.Cl. The molecule has 0 saturated carbocycles. The maximum absolute atomic E-state index is 13.2. The summed E-state index contributed by atoms with van der Waals surface area (Å²) in [5, 5.41) is 0. The number of carbonyl (C=O) groups is 1. The molecule has 1 atom stereocenters. The number of ether oxygens (including phenoxy) is 1. The van der Waals surface area contributed by atoms with Gasteiger partial charge in [0.2, 0.25) is 0 Å². The summed E-state index contributed by atoms with van der Waals surface area (Å²) < 4.78 is 18.6. The summed E-state index contributed by atoms with van der Waals surface area (Å²) in [6.45, 7) is 3.34. The Morgan fingerprint density at radius 1 is 1.50 bits per heavy atom. The Hall–Kier alpha value is -0.650. The van der Waals surface area contributed by atoms with Crippen molar-refractivity contribution in [3.05, 3.63) is 34.1 Å². The maximum Gasteiger partial charge on any atom is 0.313 e. The summed E-state index contributed by atoms with van der Waals surface area (Å²) >= 11 is 3.30. The van der Waals surface area contributed by atoms with Crippen molar-refractivity contribution in [2.45, 2.75) is 19.9 Å². The first-order chi connectivity index (χ1) is 7.80. The summed E-state index contributed by atoms with van der Waals surface area (Å²) in [5.41, 5.74) is 5.64. The second-order valence-corrected chi connectivity index (χ2v) is 5.21. The van der Waals surface area contributed by atoms with Gasteiger partial charge in [-0.05, 0) is 37.6 Å². The molecule has 0 heterocycles. The third kappa shape index (κ3) is 3.43. The van der Waals surface area contributed by atoms with Crippen LogP contribution in [0.4, 0.5) is 4.39 Å². The number of hydrogen-bond acceptors (Lipinski definition) is 3. The molecule has 0 bridgehead atoms. The lowest BCUT2D eigenvalue weighted by Gasteiger charge is -2.29. The highest BCUT2D eigenvalue weighted by molar-refractivity contribution is 9.10. The number of nitrogens with two attached hydrogens (primary N) is 1. The minimum Gasteiger partial charge on any atom is -0.469 e. The quantitative estimate of drug-likeness (QED) is 0.860. The van der Waals surface area contributed by atoms with E-state index < -0.39 is 17.4 Å². The number of benzene rings is 1. The monoisotopic (exact) mass is 339 g/mol. The molecular formula is C12H16BrClFNO2. The van der Waals surface area contributed by atoms with Crippen LogP contribution in [-0.4, -0.2) is 13.1 Å². The van der Waals surface area contributed by atoms with Crippen LogP contribution in [0.2, 0.25) is 0 Å². The summed E-state index contributed by atoms with van der Waals surface area (Å²) in [4.78, 5) is 11.6. The molecule has 1 rings (SSSR count). The van der Waals surface area contributed by atoms with Crippen molar-refractivity contribution in [1.29, 1.82) is 0 Å². The van der Waals surface area contributed by atoms with E-state index in [9.17, 15) is 9.18 Å². The number of carbonyl (C=O) groups excluding carboxylic acids is 1. The van der Waals surface area contributed by atoms with Crippen LogP contribution >= 0.6 is 28.3 Å². The van der Waals surface area contributed by atoms with Crippen molar-refractivity contribution in [3.8, 4) is 0 Å². The van der Waals surface area contributed by atoms with Crippen LogP contribution in [0.1, 0.15) is 25.5 Å². The third-order valence-corrected chi connectivity index (χ3v) is 3.50. The molecule has 0 radical (unpaired) electrons. The zero-order valence-electron chi connectivity index (χ0n) is 10.4. The van der Waals surface area contributed by atoms with Gasteiger partial charge < -0.3 is 10.5 Å². The predicted octanol–water partition coefficient (Wildman–Crippen LogP) is 3.21. The van der Waals surface area contributed by atoms with Crippen molar-refractivity contribution >= 4 is 34.3 Å². The smallest absolute Gasteiger partial charge is 0.313 e. The Kier molecular flexibility index (Phi) is 6.26. The van der Waals surface area contributed by atoms with Gasteiger partial charge in [-0.3, -0.25) is 4.79 Å². The highest BCUT2D eigenvalue weighted by atomic mass is 79.9. The molecule has 0 spiro atoms. The zero-order valence-corrected chi connectivity index (χ0v) is 12.8. The average Bonchev–Trinajstić information content (AvgIpc) is 2.30. The lowest BCUT2D eigenvalue weighted by molar-refractivity contribution is -0.152. The van der Waals surface area contributed by atoms with Gasteiger partial charge in [-0.2, -0.15) is 0 Å². The van der Waals surface area contributed by atoms with Crippen LogP contribution in [0.15, 0.2) is 22.7 Å². The molecule has 18 heavy (non-hydrogen) atoms. The van der Waals surface area contributed by atoms with Crippen LogP contribution < -0.4 is 5.73 Å². The van der Waals surface area contributed by atoms with Crippen LogP contribution in [0.25, 0.3) is 0 Å². The van der Waals surface area contributed by atoms with Gasteiger partial charge in [-0.15, -0.1) is 12.4 Å². The normalized spacial score (nSPS) is 12.6. The van der Waals surface area contributed by atoms with Crippen LogP contribution in [0.3, 0.4) is 0 Å². The van der Waals surface area contributed by atoms with E-state index in [0.717, 1.165) is 0 Å². The standard InChI is InChI=1S/C12H15BrFNO2.ClH/c1-12(2,11(16)17-3)10(15)8-6-7(14)4-5-9(8)13;/h4-6,10H,15H2,1-3H3;1H/t10-;/m1./s1. The molecule has 0 saturated heterocycles. The van der Waals surface area contributed by atoms with Crippen molar-refractivity contribution < 1.29 is 13.9 Å². The minimum atomic E-state index is -0.926. The fraction of sp³-hybridized carbons (Fsp3) is 0.417. The zero-order chi connectivity index (χ0) is 13.2. The van der Waals surface area contributed by atoms with E-state index in [4.69, 9.17) is 10.5 Å². The van der Waals surface area contributed by atoms with E-state index in [2.05, 4.69) is 15.9 Å². The number of rotatable bonds is 3. The first kappa shape index (κ1) is 17.4. The number of methoxy groups -OCH3 is 1. The third-order valence-electron chi connectivity index (χ3n) is 2.78. The van der Waals surface area contributed by atoms with E-state index in [1.807, 2.05) is 0 Å². The average molecular weight is 341 g/mol. The van der Waals surface area contributed by atoms with Crippen LogP contribution in [-0.2, 0) is 9.53 Å². The van der Waals surface area contributed by atoms with Gasteiger partial charge in [0.05, 0.1) is 12.5 Å². The molecular weight excluding hydrogens is 324 g/mol. The van der Waals surface area contributed by atoms with Crippen molar-refractivity contribution in [3.63, 3.8) is 0 Å². The van der Waals surface area contributed by atoms with Gasteiger partial charge in [0.1, 0.15) is 5.82 Å². The summed E-state index contributed by atoms with van der Waals surface area (Å²) in [6.07, 6.45) is 0. The lowest BCUT2D eigenvalue weighted by Crippen LogP contribution is -2.37. The van der Waals surface area contributed by atoms with Gasteiger partial charge in [0, 0.05) is 10.5 Å². The number of halogens is 3. The van der Waals surface area contributed by atoms with E-state index in [0.29, 0.717) is 10.0 Å². The molecule has 0 unspecified atom stereocenters. The van der Waals surface area contributed by atoms with Gasteiger partial charge in [-0.25, -0.2) is 4.39 Å². The first-order valence-electron chi connectivity index (χ1n) is 5.09. The minimum absolute atomic E-state index is 0. The topological polar surface area (TPSA) is 52.3 Å². The van der Waals surface area contributed by atoms with Crippen molar-refractivity contribution in [2.24, 2.45) is 11.1 Å². The summed E-state index contributed by atoms with van der Waals surface area (Å²) in [5.74, 6) is -0.819. The number of hydrogen-bond donors (Lipinski definition) is 1. The Morgan fingerprint density at radius 2 is 2.06 bits per heavy atom. The lowest BCUT2D eigenvalue weighted by atomic mass is 9.81.